The number of hydrogen-bond donors (Lipinski definition) is 4. The van der Waals surface area contributed by atoms with Gasteiger partial charge in [0, 0.05) is 8.95 Å². The Bertz CT molecular complexity index is 536. The molecule has 0 aliphatic heterocycles. The van der Waals surface area contributed by atoms with Crippen molar-refractivity contribution < 1.29 is 19.5 Å². The lowest BCUT2D eigenvalue weighted by molar-refractivity contribution is -0.137. The number of anilines is 1. The Morgan fingerprint density at radius 1 is 1.10 bits per heavy atom. The molecule has 4 N–H and O–H groups in total. The number of carboxylic acid groups (broad SMARTS) is 1. The quantitative estimate of drug-likeness (QED) is 0.592. The Morgan fingerprint density at radius 2 is 1.80 bits per heavy atom. The lowest BCUT2D eigenvalue weighted by atomic mass is 10.3. The zero-order valence-electron chi connectivity index (χ0n) is 10.1. The highest BCUT2D eigenvalue weighted by Crippen LogP contribution is 2.25. The molecule has 108 valence electrons. The second kappa shape index (κ2) is 7.85. The molecule has 0 bridgehead atoms. The summed E-state index contributed by atoms with van der Waals surface area (Å²) in [6, 6.07) is 4.66. The highest BCUT2D eigenvalue weighted by atomic mass is 79.9. The molecule has 0 heterocycles. The van der Waals surface area contributed by atoms with E-state index in [2.05, 4.69) is 47.8 Å². The molecular weight excluding hydrogens is 398 g/mol. The summed E-state index contributed by atoms with van der Waals surface area (Å²) in [5.41, 5.74) is 0.530. The van der Waals surface area contributed by atoms with Crippen molar-refractivity contribution in [2.45, 2.75) is 0 Å². The molecule has 0 saturated heterocycles. The fraction of sp³-hybridized carbons (Fsp3) is 0.182. The van der Waals surface area contributed by atoms with Crippen LogP contribution in [0.25, 0.3) is 0 Å². The van der Waals surface area contributed by atoms with Crippen LogP contribution in [0.3, 0.4) is 0 Å². The first kappa shape index (κ1) is 16.4. The Labute approximate surface area is 131 Å². The van der Waals surface area contributed by atoms with Gasteiger partial charge in [0.1, 0.15) is 6.54 Å². The van der Waals surface area contributed by atoms with Gasteiger partial charge in [0.2, 0.25) is 5.91 Å². The Morgan fingerprint density at radius 3 is 2.45 bits per heavy atom. The third-order valence-corrected chi connectivity index (χ3v) is 3.21. The molecule has 1 rings (SSSR count). The summed E-state index contributed by atoms with van der Waals surface area (Å²) >= 11 is 6.54. The van der Waals surface area contributed by atoms with Crippen LogP contribution < -0.4 is 16.0 Å². The number of aliphatic carboxylic acids is 1. The number of hydrogen-bond acceptors (Lipinski definition) is 3. The summed E-state index contributed by atoms with van der Waals surface area (Å²) in [6.45, 7) is -0.802. The van der Waals surface area contributed by atoms with Crippen molar-refractivity contribution in [2.75, 3.05) is 18.4 Å². The highest BCUT2D eigenvalue weighted by Gasteiger charge is 2.08. The van der Waals surface area contributed by atoms with Gasteiger partial charge in [-0.2, -0.15) is 0 Å². The van der Waals surface area contributed by atoms with E-state index < -0.39 is 24.5 Å². The number of carbonyl (C=O) groups excluding carboxylic acids is 2. The topological polar surface area (TPSA) is 108 Å². The largest absolute Gasteiger partial charge is 0.480 e. The van der Waals surface area contributed by atoms with Crippen LogP contribution in [0.5, 0.6) is 0 Å². The normalized spacial score (nSPS) is 9.70. The minimum atomic E-state index is -1.15. The Balaban J connectivity index is 2.42. The molecule has 0 aliphatic carbocycles. The number of carbonyl (C=O) groups is 3. The van der Waals surface area contributed by atoms with E-state index in [0.29, 0.717) is 10.2 Å². The number of amides is 3. The molecule has 1 aromatic carbocycles. The van der Waals surface area contributed by atoms with Gasteiger partial charge in [-0.25, -0.2) is 4.79 Å². The maximum Gasteiger partial charge on any atom is 0.322 e. The molecule has 20 heavy (non-hydrogen) atoms. The lowest BCUT2D eigenvalue weighted by Crippen LogP contribution is -2.40. The molecule has 0 aromatic heterocycles. The van der Waals surface area contributed by atoms with Crippen molar-refractivity contribution in [3.05, 3.63) is 27.1 Å². The van der Waals surface area contributed by atoms with Crippen molar-refractivity contribution in [2.24, 2.45) is 0 Å². The fourth-order valence-corrected chi connectivity index (χ4v) is 1.86. The first-order valence-corrected chi connectivity index (χ1v) is 6.95. The average Bonchev–Trinajstić information content (AvgIpc) is 2.38. The average molecular weight is 409 g/mol. The van der Waals surface area contributed by atoms with Gasteiger partial charge in [0.05, 0.1) is 12.2 Å². The highest BCUT2D eigenvalue weighted by molar-refractivity contribution is 9.11. The van der Waals surface area contributed by atoms with Crippen LogP contribution in [0, 0.1) is 0 Å². The molecule has 0 atom stereocenters. The summed E-state index contributed by atoms with van der Waals surface area (Å²) in [4.78, 5) is 33.0. The minimum Gasteiger partial charge on any atom is -0.480 e. The van der Waals surface area contributed by atoms with Crippen LogP contribution in [0.2, 0.25) is 0 Å². The fourth-order valence-electron chi connectivity index (χ4n) is 1.16. The molecule has 0 radical (unpaired) electrons. The van der Waals surface area contributed by atoms with Crippen LogP contribution >= 0.6 is 31.9 Å². The number of carboxylic acids is 1. The van der Waals surface area contributed by atoms with Gasteiger partial charge in [-0.3, -0.25) is 9.59 Å². The molecular formula is C11H11Br2N3O4. The molecule has 7 nitrogen and oxygen atoms in total. The van der Waals surface area contributed by atoms with E-state index in [1.54, 1.807) is 18.2 Å². The Hall–Kier alpha value is -1.61. The predicted octanol–water partition coefficient (Wildman–Crippen LogP) is 1.53. The molecule has 0 spiro atoms. The molecule has 3 amide bonds. The van der Waals surface area contributed by atoms with E-state index >= 15 is 0 Å². The number of urea groups is 1. The van der Waals surface area contributed by atoms with Crippen LogP contribution in [0.4, 0.5) is 10.5 Å². The number of nitrogens with one attached hydrogen (secondary N) is 3. The summed E-state index contributed by atoms with van der Waals surface area (Å²) in [7, 11) is 0. The number of halogens is 2. The van der Waals surface area contributed by atoms with E-state index in [4.69, 9.17) is 5.11 Å². The van der Waals surface area contributed by atoms with Crippen molar-refractivity contribution in [1.82, 2.24) is 10.6 Å². The SMILES string of the molecule is O=C(O)CNC(=O)CNC(=O)Nc1cc(Br)ccc1Br. The second-order valence-electron chi connectivity index (χ2n) is 3.60. The molecule has 9 heteroatoms. The third kappa shape index (κ3) is 6.02. The van der Waals surface area contributed by atoms with Gasteiger partial charge in [-0.05, 0) is 34.1 Å². The lowest BCUT2D eigenvalue weighted by Gasteiger charge is -2.09. The smallest absolute Gasteiger partial charge is 0.322 e. The molecule has 0 aliphatic rings. The second-order valence-corrected chi connectivity index (χ2v) is 5.37. The van der Waals surface area contributed by atoms with Crippen molar-refractivity contribution in [1.29, 1.82) is 0 Å². The van der Waals surface area contributed by atoms with Crippen LogP contribution in [0.1, 0.15) is 0 Å². The molecule has 0 unspecified atom stereocenters. The summed E-state index contributed by atoms with van der Waals surface area (Å²) < 4.78 is 1.47. The van der Waals surface area contributed by atoms with Gasteiger partial charge >= 0.3 is 12.0 Å². The molecule has 1 aromatic rings. The van der Waals surface area contributed by atoms with E-state index in [9.17, 15) is 14.4 Å². The first-order chi connectivity index (χ1) is 9.38. The van der Waals surface area contributed by atoms with Crippen LogP contribution in [-0.2, 0) is 9.59 Å². The maximum absolute atomic E-state index is 11.6. The van der Waals surface area contributed by atoms with Crippen molar-refractivity contribution >= 4 is 55.5 Å². The van der Waals surface area contributed by atoms with Gasteiger partial charge in [-0.1, -0.05) is 15.9 Å². The van der Waals surface area contributed by atoms with E-state index in [1.165, 1.54) is 0 Å². The molecule has 0 saturated carbocycles. The van der Waals surface area contributed by atoms with Gasteiger partial charge in [0.15, 0.2) is 0 Å². The number of benzene rings is 1. The van der Waals surface area contributed by atoms with Gasteiger partial charge in [0.25, 0.3) is 0 Å². The van der Waals surface area contributed by atoms with Crippen LogP contribution in [0.15, 0.2) is 27.1 Å². The minimum absolute atomic E-state index is 0.315. The summed E-state index contributed by atoms with van der Waals surface area (Å²) in [5.74, 6) is -1.74. The van der Waals surface area contributed by atoms with Gasteiger partial charge < -0.3 is 21.1 Å². The summed E-state index contributed by atoms with van der Waals surface area (Å²) in [6.07, 6.45) is 0. The zero-order valence-corrected chi connectivity index (χ0v) is 13.2. The Kier molecular flexibility index (Phi) is 6.46. The number of rotatable bonds is 5. The molecule has 0 fully saturated rings. The summed E-state index contributed by atoms with van der Waals surface area (Å²) in [5, 5.41) is 15.3. The van der Waals surface area contributed by atoms with Gasteiger partial charge in [-0.15, -0.1) is 0 Å². The predicted molar refractivity (Wildman–Crippen MR) is 79.5 cm³/mol. The first-order valence-electron chi connectivity index (χ1n) is 5.37. The van der Waals surface area contributed by atoms with Crippen molar-refractivity contribution in [3.8, 4) is 0 Å². The monoisotopic (exact) mass is 407 g/mol. The third-order valence-electron chi connectivity index (χ3n) is 2.02. The standard InChI is InChI=1S/C11H11Br2N3O4/c12-6-1-2-7(13)8(3-6)16-11(20)15-4-9(17)14-5-10(18)19/h1-3H,4-5H2,(H,14,17)(H,18,19)(H2,15,16,20). The maximum atomic E-state index is 11.6. The van der Waals surface area contributed by atoms with E-state index in [0.717, 1.165) is 4.47 Å². The zero-order chi connectivity index (χ0) is 15.1. The van der Waals surface area contributed by atoms with E-state index in [-0.39, 0.29) is 6.54 Å². The van der Waals surface area contributed by atoms with E-state index in [1.807, 2.05) is 0 Å². The van der Waals surface area contributed by atoms with Crippen molar-refractivity contribution in [3.63, 3.8) is 0 Å². The van der Waals surface area contributed by atoms with Crippen LogP contribution in [-0.4, -0.2) is 36.1 Å².